The van der Waals surface area contributed by atoms with Gasteiger partial charge < -0.3 is 15.4 Å². The number of pyridine rings is 1. The maximum absolute atomic E-state index is 12.2. The molecule has 9 nitrogen and oxygen atoms in total. The number of nitrogens with zero attached hydrogens (tertiary/aromatic N) is 3. The number of carbonyl (C=O) groups excluding carboxylic acids is 2. The van der Waals surface area contributed by atoms with Crippen molar-refractivity contribution in [2.24, 2.45) is 10.4 Å². The third-order valence-corrected chi connectivity index (χ3v) is 8.14. The molecule has 2 heterocycles. The first-order chi connectivity index (χ1) is 17.0. The summed E-state index contributed by atoms with van der Waals surface area (Å²) in [6, 6.07) is 13.4. The predicted molar refractivity (Wildman–Crippen MR) is 141 cm³/mol. The second-order valence-electron chi connectivity index (χ2n) is 8.39. The number of carbonyl (C=O) groups is 2. The van der Waals surface area contributed by atoms with E-state index < -0.39 is 0 Å². The summed E-state index contributed by atoms with van der Waals surface area (Å²) in [6.45, 7) is 4.37. The fraction of sp³-hybridized carbons (Fsp3) is 0.458. The summed E-state index contributed by atoms with van der Waals surface area (Å²) in [6.07, 6.45) is 3.25. The van der Waals surface area contributed by atoms with Crippen LogP contribution in [0.3, 0.4) is 0 Å². The van der Waals surface area contributed by atoms with Gasteiger partial charge in [0.05, 0.1) is 31.7 Å². The minimum Gasteiger partial charge on any atom is -0.496 e. The third-order valence-electron chi connectivity index (χ3n) is 5.40. The molecule has 1 aromatic carbocycles. The fourth-order valence-corrected chi connectivity index (χ4v) is 5.86. The van der Waals surface area contributed by atoms with Crippen molar-refractivity contribution in [3.8, 4) is 5.75 Å². The van der Waals surface area contributed by atoms with Gasteiger partial charge in [0.1, 0.15) is 5.75 Å². The van der Waals surface area contributed by atoms with Crippen molar-refractivity contribution >= 4 is 34.5 Å². The smallest absolute Gasteiger partial charge is 0.226 e. The molecule has 190 valence electrons. The lowest BCUT2D eigenvalue weighted by Crippen LogP contribution is -2.53. The summed E-state index contributed by atoms with van der Waals surface area (Å²) in [5.41, 5.74) is 4.66. The average Bonchev–Trinajstić information content (AvgIpc) is 2.82. The second-order valence-corrected chi connectivity index (χ2v) is 11.0. The zero-order valence-corrected chi connectivity index (χ0v) is 22.0. The Morgan fingerprint density at radius 1 is 1.11 bits per heavy atom. The molecular weight excluding hydrogens is 484 g/mol. The molecule has 1 aliphatic heterocycles. The minimum absolute atomic E-state index is 0.0106. The molecule has 1 aromatic heterocycles. The van der Waals surface area contributed by atoms with Gasteiger partial charge >= 0.3 is 0 Å². The van der Waals surface area contributed by atoms with Gasteiger partial charge in [0.15, 0.2) is 0 Å². The average molecular weight is 519 g/mol. The summed E-state index contributed by atoms with van der Waals surface area (Å²) in [4.78, 5) is 28.6. The number of rotatable bonds is 14. The topological polar surface area (TPSA) is 108 Å². The van der Waals surface area contributed by atoms with E-state index in [9.17, 15) is 9.59 Å². The van der Waals surface area contributed by atoms with Gasteiger partial charge in [-0.3, -0.25) is 14.6 Å². The molecule has 3 N–H and O–H groups in total. The van der Waals surface area contributed by atoms with E-state index in [1.54, 1.807) is 25.1 Å². The lowest BCUT2D eigenvalue weighted by molar-refractivity contribution is -0.120. The number of hydrogen-bond donors (Lipinski definition) is 3. The molecule has 0 spiro atoms. The Balaban J connectivity index is 1.29. The highest BCUT2D eigenvalue weighted by Crippen LogP contribution is 2.20. The van der Waals surface area contributed by atoms with E-state index in [-0.39, 0.29) is 35.2 Å². The quantitative estimate of drug-likeness (QED) is 0.261. The Kier molecular flexibility index (Phi) is 11.0. The molecular formula is C24H34N6O3S2. The highest BCUT2D eigenvalue weighted by Gasteiger charge is 2.26. The lowest BCUT2D eigenvalue weighted by Gasteiger charge is -2.36. The van der Waals surface area contributed by atoms with Crippen molar-refractivity contribution in [3.05, 3.63) is 59.9 Å². The van der Waals surface area contributed by atoms with Crippen LogP contribution in [0.15, 0.2) is 53.1 Å². The van der Waals surface area contributed by atoms with Gasteiger partial charge in [0, 0.05) is 34.4 Å². The van der Waals surface area contributed by atoms with Crippen molar-refractivity contribution in [2.45, 2.75) is 39.2 Å². The molecule has 0 saturated heterocycles. The maximum atomic E-state index is 12.2. The summed E-state index contributed by atoms with van der Waals surface area (Å²) in [5, 5.41) is 5.93. The minimum atomic E-state index is -0.374. The van der Waals surface area contributed by atoms with Gasteiger partial charge in [0.2, 0.25) is 11.8 Å². The largest absolute Gasteiger partial charge is 0.496 e. The molecule has 35 heavy (non-hydrogen) atoms. The van der Waals surface area contributed by atoms with Crippen molar-refractivity contribution in [1.82, 2.24) is 25.6 Å². The molecule has 0 aliphatic carbocycles. The highest BCUT2D eigenvalue weighted by atomic mass is 32.2. The summed E-state index contributed by atoms with van der Waals surface area (Å²) in [7, 11) is 1.24. The first-order valence-corrected chi connectivity index (χ1v) is 14.0. The molecule has 2 aromatic rings. The van der Waals surface area contributed by atoms with Crippen LogP contribution >= 0.6 is 11.8 Å². The fourth-order valence-electron chi connectivity index (χ4n) is 3.65. The van der Waals surface area contributed by atoms with E-state index in [4.69, 9.17) is 4.74 Å². The standard InChI is InChI=1S/C24H34N6O3S2/c1-18(15-34-16-26-23(31)13-20-8-4-5-10-22(20)33-3)12-19(2)30-28-29-35(30)17-27-24(32)14-21-9-6-7-11-25-21/h4-11,18-19,28H,12-17H2,1-3H3,(H,26,31)(H,27,32)/t18?,19-,35?/m0/s1. The summed E-state index contributed by atoms with van der Waals surface area (Å²) in [5.74, 6) is 3.15. The van der Waals surface area contributed by atoms with E-state index in [1.807, 2.05) is 42.5 Å². The van der Waals surface area contributed by atoms with E-state index in [1.165, 1.54) is 0 Å². The molecule has 0 radical (unpaired) electrons. The Hall–Kier alpha value is -2.47. The molecule has 2 unspecified atom stereocenters. The lowest BCUT2D eigenvalue weighted by atomic mass is 10.1. The molecule has 1 aliphatic rings. The highest BCUT2D eigenvalue weighted by molar-refractivity contribution is 7.99. The van der Waals surface area contributed by atoms with Crippen molar-refractivity contribution in [1.29, 1.82) is 0 Å². The van der Waals surface area contributed by atoms with Crippen molar-refractivity contribution in [2.75, 3.05) is 24.6 Å². The van der Waals surface area contributed by atoms with Gasteiger partial charge in [-0.2, -0.15) is 4.41 Å². The number of benzene rings is 1. The van der Waals surface area contributed by atoms with E-state index in [0.29, 0.717) is 24.1 Å². The number of nitrogens with one attached hydrogen (secondary N) is 3. The number of aromatic nitrogens is 1. The third kappa shape index (κ3) is 8.92. The molecule has 2 amide bonds. The Morgan fingerprint density at radius 3 is 2.60 bits per heavy atom. The number of amides is 2. The first kappa shape index (κ1) is 27.1. The van der Waals surface area contributed by atoms with Gasteiger partial charge in [-0.1, -0.05) is 31.2 Å². The molecule has 3 atom stereocenters. The first-order valence-electron chi connectivity index (χ1n) is 11.6. The van der Waals surface area contributed by atoms with Gasteiger partial charge in [-0.25, -0.2) is 0 Å². The van der Waals surface area contributed by atoms with Crippen molar-refractivity contribution in [3.63, 3.8) is 0 Å². The summed E-state index contributed by atoms with van der Waals surface area (Å²) >= 11 is 1.72. The number of hydrazine groups is 1. The maximum Gasteiger partial charge on any atom is 0.226 e. The van der Waals surface area contributed by atoms with Crippen LogP contribution < -0.4 is 20.9 Å². The van der Waals surface area contributed by atoms with Crippen LogP contribution in [0, 0.1) is 5.92 Å². The normalized spacial score (nSPS) is 16.9. The van der Waals surface area contributed by atoms with Crippen LogP contribution in [0.25, 0.3) is 0 Å². The van der Waals surface area contributed by atoms with E-state index >= 15 is 0 Å². The Morgan fingerprint density at radius 2 is 1.89 bits per heavy atom. The molecule has 11 heteroatoms. The SMILES string of the molecule is COc1ccccc1CC(=O)NCSCC(C)C[C@H](C)N1NN=S1CNC(=O)Cc1ccccn1. The Labute approximate surface area is 214 Å². The van der Waals surface area contributed by atoms with Crippen LogP contribution in [-0.4, -0.2) is 51.9 Å². The van der Waals surface area contributed by atoms with Gasteiger partial charge in [0.25, 0.3) is 0 Å². The van der Waals surface area contributed by atoms with Gasteiger partial charge in [-0.15, -0.1) is 21.8 Å². The van der Waals surface area contributed by atoms with Crippen LogP contribution in [0.2, 0.25) is 0 Å². The molecule has 0 bridgehead atoms. The van der Waals surface area contributed by atoms with Crippen LogP contribution in [-0.2, 0) is 33.3 Å². The number of methoxy groups -OCH3 is 1. The van der Waals surface area contributed by atoms with Gasteiger partial charge in [-0.05, 0) is 43.2 Å². The van der Waals surface area contributed by atoms with Crippen LogP contribution in [0.5, 0.6) is 5.75 Å². The predicted octanol–water partition coefficient (Wildman–Crippen LogP) is 2.62. The molecule has 0 saturated carbocycles. The zero-order valence-electron chi connectivity index (χ0n) is 20.4. The number of ether oxygens (including phenoxy) is 1. The van der Waals surface area contributed by atoms with Crippen molar-refractivity contribution < 1.29 is 14.3 Å². The van der Waals surface area contributed by atoms with Crippen LogP contribution in [0.1, 0.15) is 31.5 Å². The Bertz CT molecular complexity index is 1010. The number of para-hydroxylation sites is 1. The molecule has 3 rings (SSSR count). The monoisotopic (exact) mass is 518 g/mol. The molecule has 0 fully saturated rings. The zero-order chi connectivity index (χ0) is 25.0. The number of hydrogen-bond acceptors (Lipinski definition) is 8. The summed E-state index contributed by atoms with van der Waals surface area (Å²) < 4.78 is 11.7. The van der Waals surface area contributed by atoms with E-state index in [2.05, 4.69) is 43.9 Å². The number of thioether (sulfide) groups is 1. The van der Waals surface area contributed by atoms with Crippen LogP contribution in [0.4, 0.5) is 0 Å². The second kappa shape index (κ2) is 14.2. The van der Waals surface area contributed by atoms with E-state index in [0.717, 1.165) is 29.2 Å².